The Labute approximate surface area is 69.3 Å². The normalized spacial score (nSPS) is 17.0. The second-order valence-corrected chi connectivity index (χ2v) is 3.16. The molecule has 0 N–H and O–H groups in total. The van der Waals surface area contributed by atoms with E-state index in [1.54, 1.807) is 6.33 Å². The highest BCUT2D eigenvalue weighted by Crippen LogP contribution is 2.38. The van der Waals surface area contributed by atoms with Gasteiger partial charge in [0.25, 0.3) is 5.78 Å². The molecule has 4 heteroatoms. The number of rotatable bonds is 1. The lowest BCUT2D eigenvalue weighted by atomic mass is 10.3. The third-order valence-electron chi connectivity index (χ3n) is 2.18. The Hall–Kier alpha value is -1.45. The largest absolute Gasteiger partial charge is 0.273 e. The average Bonchev–Trinajstić information content (AvgIpc) is 2.84. The van der Waals surface area contributed by atoms with Crippen molar-refractivity contribution >= 4 is 5.78 Å². The minimum Gasteiger partial charge on any atom is -0.273 e. The highest BCUT2D eigenvalue weighted by atomic mass is 15.3. The van der Waals surface area contributed by atoms with Gasteiger partial charge in [-0.3, -0.25) is 4.40 Å². The Kier molecular flexibility index (Phi) is 1.03. The molecule has 4 nitrogen and oxygen atoms in total. The number of nitrogens with zero attached hydrogens (tertiary/aromatic N) is 4. The van der Waals surface area contributed by atoms with Crippen LogP contribution in [-0.2, 0) is 0 Å². The van der Waals surface area contributed by atoms with Gasteiger partial charge in [0.1, 0.15) is 6.33 Å². The lowest BCUT2D eigenvalue weighted by Crippen LogP contribution is -1.91. The smallest absolute Gasteiger partial charge is 0.255 e. The molecule has 1 saturated carbocycles. The first-order valence-electron chi connectivity index (χ1n) is 4.10. The van der Waals surface area contributed by atoms with Crippen LogP contribution in [0, 0.1) is 0 Å². The molecule has 0 atom stereocenters. The summed E-state index contributed by atoms with van der Waals surface area (Å²) >= 11 is 0. The van der Waals surface area contributed by atoms with Crippen LogP contribution in [0.2, 0.25) is 0 Å². The molecule has 0 spiro atoms. The van der Waals surface area contributed by atoms with Gasteiger partial charge in [-0.05, 0) is 18.9 Å². The van der Waals surface area contributed by atoms with Crippen molar-refractivity contribution in [3.8, 4) is 0 Å². The third kappa shape index (κ3) is 0.809. The van der Waals surface area contributed by atoms with Crippen molar-refractivity contribution in [2.45, 2.75) is 18.8 Å². The molecular formula is C8H8N4. The summed E-state index contributed by atoms with van der Waals surface area (Å²) in [6.45, 7) is 0. The summed E-state index contributed by atoms with van der Waals surface area (Å²) in [7, 11) is 0. The highest BCUT2D eigenvalue weighted by Gasteiger charge is 2.25. The second-order valence-electron chi connectivity index (χ2n) is 3.16. The molecule has 12 heavy (non-hydrogen) atoms. The van der Waals surface area contributed by atoms with E-state index in [9.17, 15) is 0 Å². The van der Waals surface area contributed by atoms with Gasteiger partial charge in [-0.1, -0.05) is 0 Å². The zero-order chi connectivity index (χ0) is 7.97. The second kappa shape index (κ2) is 2.03. The maximum atomic E-state index is 4.39. The molecule has 0 radical (unpaired) electrons. The summed E-state index contributed by atoms with van der Waals surface area (Å²) in [4.78, 5) is 4.39. The minimum absolute atomic E-state index is 0.687. The maximum Gasteiger partial charge on any atom is 0.255 e. The molecule has 0 amide bonds. The van der Waals surface area contributed by atoms with Crippen molar-refractivity contribution in [3.05, 3.63) is 24.3 Å². The van der Waals surface area contributed by atoms with Crippen LogP contribution < -0.4 is 0 Å². The van der Waals surface area contributed by atoms with Crippen molar-refractivity contribution in [1.82, 2.24) is 19.6 Å². The Morgan fingerprint density at radius 1 is 1.42 bits per heavy atom. The first kappa shape index (κ1) is 6.11. The molecular weight excluding hydrogens is 152 g/mol. The lowest BCUT2D eigenvalue weighted by molar-refractivity contribution is 0.981. The van der Waals surface area contributed by atoms with Gasteiger partial charge in [-0.15, -0.1) is 10.2 Å². The molecule has 2 aromatic heterocycles. The zero-order valence-electron chi connectivity index (χ0n) is 6.51. The van der Waals surface area contributed by atoms with Crippen molar-refractivity contribution in [1.29, 1.82) is 0 Å². The summed E-state index contributed by atoms with van der Waals surface area (Å²) in [5.41, 5.74) is 1.16. The van der Waals surface area contributed by atoms with Crippen molar-refractivity contribution in [2.24, 2.45) is 0 Å². The Morgan fingerprint density at radius 3 is 3.17 bits per heavy atom. The van der Waals surface area contributed by atoms with Gasteiger partial charge in [0, 0.05) is 17.8 Å². The van der Waals surface area contributed by atoms with Gasteiger partial charge in [0.05, 0.1) is 0 Å². The number of hydrogen-bond acceptors (Lipinski definition) is 3. The summed E-state index contributed by atoms with van der Waals surface area (Å²) in [6, 6.07) is 2.05. The lowest BCUT2D eigenvalue weighted by Gasteiger charge is -1.95. The van der Waals surface area contributed by atoms with E-state index in [2.05, 4.69) is 15.2 Å². The van der Waals surface area contributed by atoms with Crippen molar-refractivity contribution < 1.29 is 0 Å². The average molecular weight is 160 g/mol. The number of aromatic nitrogens is 4. The predicted molar refractivity (Wildman–Crippen MR) is 42.8 cm³/mol. The molecule has 0 aromatic carbocycles. The van der Waals surface area contributed by atoms with Crippen LogP contribution in [0.25, 0.3) is 5.78 Å². The summed E-state index contributed by atoms with van der Waals surface area (Å²) in [5, 5.41) is 7.66. The van der Waals surface area contributed by atoms with E-state index >= 15 is 0 Å². The standard InChI is InChI=1S/C8H8N4/c1-2-6(1)7-3-4-12-5-9-11-8(12)10-7/h3-6H,1-2H2. The van der Waals surface area contributed by atoms with Gasteiger partial charge in [-0.2, -0.15) is 0 Å². The fraction of sp³-hybridized carbons (Fsp3) is 0.375. The van der Waals surface area contributed by atoms with Crippen LogP contribution in [0.4, 0.5) is 0 Å². The fourth-order valence-electron chi connectivity index (χ4n) is 1.34. The first-order valence-corrected chi connectivity index (χ1v) is 4.10. The van der Waals surface area contributed by atoms with Crippen molar-refractivity contribution in [3.63, 3.8) is 0 Å². The number of hydrogen-bond donors (Lipinski definition) is 0. The summed E-state index contributed by atoms with van der Waals surface area (Å²) in [5.74, 6) is 1.39. The third-order valence-corrected chi connectivity index (χ3v) is 2.18. The number of fused-ring (bicyclic) bond motifs is 1. The van der Waals surface area contributed by atoms with Crippen LogP contribution in [0.5, 0.6) is 0 Å². The van der Waals surface area contributed by atoms with Gasteiger partial charge in [0.15, 0.2) is 0 Å². The molecule has 1 aliphatic carbocycles. The molecule has 2 aromatic rings. The van der Waals surface area contributed by atoms with E-state index in [1.165, 1.54) is 12.8 Å². The van der Waals surface area contributed by atoms with E-state index in [4.69, 9.17) is 0 Å². The van der Waals surface area contributed by atoms with Crippen LogP contribution in [0.1, 0.15) is 24.5 Å². The Morgan fingerprint density at radius 2 is 2.33 bits per heavy atom. The van der Waals surface area contributed by atoms with Gasteiger partial charge in [-0.25, -0.2) is 4.98 Å². The molecule has 1 aliphatic rings. The van der Waals surface area contributed by atoms with Gasteiger partial charge >= 0.3 is 0 Å². The zero-order valence-corrected chi connectivity index (χ0v) is 6.51. The maximum absolute atomic E-state index is 4.39. The molecule has 2 heterocycles. The molecule has 3 rings (SSSR count). The summed E-state index contributed by atoms with van der Waals surface area (Å²) < 4.78 is 1.83. The highest BCUT2D eigenvalue weighted by molar-refractivity contribution is 5.29. The molecule has 0 unspecified atom stereocenters. The van der Waals surface area contributed by atoms with E-state index < -0.39 is 0 Å². The van der Waals surface area contributed by atoms with E-state index in [1.807, 2.05) is 16.7 Å². The molecule has 0 bridgehead atoms. The van der Waals surface area contributed by atoms with Crippen LogP contribution in [-0.4, -0.2) is 19.6 Å². The fourth-order valence-corrected chi connectivity index (χ4v) is 1.34. The molecule has 0 aliphatic heterocycles. The van der Waals surface area contributed by atoms with Crippen LogP contribution in [0.3, 0.4) is 0 Å². The molecule has 1 fully saturated rings. The molecule has 0 saturated heterocycles. The monoisotopic (exact) mass is 160 g/mol. The Balaban J connectivity index is 2.21. The van der Waals surface area contributed by atoms with Gasteiger partial charge in [0.2, 0.25) is 0 Å². The first-order chi connectivity index (χ1) is 5.93. The molecule has 60 valence electrons. The Bertz CT molecular complexity index is 416. The van der Waals surface area contributed by atoms with Gasteiger partial charge < -0.3 is 0 Å². The van der Waals surface area contributed by atoms with E-state index in [0.29, 0.717) is 11.7 Å². The SMILES string of the molecule is c1cn2cnnc2nc1C1CC1. The van der Waals surface area contributed by atoms with Crippen molar-refractivity contribution in [2.75, 3.05) is 0 Å². The quantitative estimate of drug-likeness (QED) is 0.625. The van der Waals surface area contributed by atoms with E-state index in [-0.39, 0.29) is 0 Å². The van der Waals surface area contributed by atoms with Crippen LogP contribution in [0.15, 0.2) is 18.6 Å². The van der Waals surface area contributed by atoms with Crippen LogP contribution >= 0.6 is 0 Å². The minimum atomic E-state index is 0.687. The van der Waals surface area contributed by atoms with E-state index in [0.717, 1.165) is 5.69 Å². The summed E-state index contributed by atoms with van der Waals surface area (Å²) in [6.07, 6.45) is 6.18. The topological polar surface area (TPSA) is 43.1 Å². The predicted octanol–water partition coefficient (Wildman–Crippen LogP) is 1.00.